The van der Waals surface area contributed by atoms with Crippen LogP contribution in [0.5, 0.6) is 0 Å². The summed E-state index contributed by atoms with van der Waals surface area (Å²) in [6, 6.07) is 6.55. The van der Waals surface area contributed by atoms with E-state index in [1.807, 2.05) is 26.8 Å². The Hall–Kier alpha value is -0.900. The SMILES string of the molecule is CCNC(=NCC(C)(C)c1cccc(F)c1)NCCCS(C)(=O)=O.I. The van der Waals surface area contributed by atoms with E-state index in [1.54, 1.807) is 6.07 Å². The molecule has 0 unspecified atom stereocenters. The van der Waals surface area contributed by atoms with Crippen LogP contribution in [0.15, 0.2) is 29.3 Å². The van der Waals surface area contributed by atoms with Gasteiger partial charge in [-0.1, -0.05) is 26.0 Å². The van der Waals surface area contributed by atoms with Crippen LogP contribution in [0.2, 0.25) is 0 Å². The summed E-state index contributed by atoms with van der Waals surface area (Å²) in [6.45, 7) is 7.71. The Balaban J connectivity index is 0.00000576. The Labute approximate surface area is 167 Å². The minimum absolute atomic E-state index is 0. The topological polar surface area (TPSA) is 70.6 Å². The van der Waals surface area contributed by atoms with Gasteiger partial charge in [0, 0.05) is 24.8 Å². The number of nitrogens with one attached hydrogen (secondary N) is 2. The summed E-state index contributed by atoms with van der Waals surface area (Å²) < 4.78 is 35.7. The second kappa shape index (κ2) is 10.9. The molecule has 0 aliphatic carbocycles. The maximum atomic E-state index is 13.4. The standard InChI is InChI=1S/C17H28FN3O2S.HI/c1-5-19-16(20-10-7-11-24(4,22)23)21-13-17(2,3)14-8-6-9-15(18)12-14;/h6,8-9,12H,5,7,10-11,13H2,1-4H3,(H2,19,20,21);1H. The molecule has 0 aliphatic rings. The average molecular weight is 485 g/mol. The van der Waals surface area contributed by atoms with Crippen LogP contribution in [-0.2, 0) is 15.3 Å². The van der Waals surface area contributed by atoms with E-state index < -0.39 is 9.84 Å². The Kier molecular flexibility index (Phi) is 10.6. The van der Waals surface area contributed by atoms with Crippen LogP contribution >= 0.6 is 24.0 Å². The first-order valence-electron chi connectivity index (χ1n) is 8.10. The van der Waals surface area contributed by atoms with Gasteiger partial charge in [0.15, 0.2) is 5.96 Å². The highest BCUT2D eigenvalue weighted by atomic mass is 127. The van der Waals surface area contributed by atoms with E-state index in [0.29, 0.717) is 32.0 Å². The van der Waals surface area contributed by atoms with Gasteiger partial charge in [-0.2, -0.15) is 0 Å². The smallest absolute Gasteiger partial charge is 0.191 e. The largest absolute Gasteiger partial charge is 0.357 e. The monoisotopic (exact) mass is 485 g/mol. The third kappa shape index (κ3) is 9.98. The van der Waals surface area contributed by atoms with Crippen molar-refractivity contribution in [2.45, 2.75) is 32.6 Å². The molecule has 0 aromatic heterocycles. The van der Waals surface area contributed by atoms with E-state index in [-0.39, 0.29) is 41.0 Å². The van der Waals surface area contributed by atoms with Crippen molar-refractivity contribution in [3.8, 4) is 0 Å². The van der Waals surface area contributed by atoms with Gasteiger partial charge in [0.1, 0.15) is 15.7 Å². The van der Waals surface area contributed by atoms with Crippen molar-refractivity contribution in [2.75, 3.05) is 31.6 Å². The summed E-state index contributed by atoms with van der Waals surface area (Å²) in [6.07, 6.45) is 1.75. The van der Waals surface area contributed by atoms with Crippen molar-refractivity contribution >= 4 is 39.8 Å². The number of halogens is 2. The van der Waals surface area contributed by atoms with E-state index >= 15 is 0 Å². The number of rotatable bonds is 8. The Bertz CT molecular complexity index is 664. The van der Waals surface area contributed by atoms with Crippen molar-refractivity contribution in [1.29, 1.82) is 0 Å². The zero-order valence-corrected chi connectivity index (χ0v) is 18.4. The van der Waals surface area contributed by atoms with Crippen LogP contribution in [0.3, 0.4) is 0 Å². The molecule has 25 heavy (non-hydrogen) atoms. The summed E-state index contributed by atoms with van der Waals surface area (Å²) in [7, 11) is -2.95. The van der Waals surface area contributed by atoms with Crippen LogP contribution in [0.25, 0.3) is 0 Å². The first-order valence-corrected chi connectivity index (χ1v) is 10.2. The fourth-order valence-electron chi connectivity index (χ4n) is 2.16. The molecule has 8 heteroatoms. The van der Waals surface area contributed by atoms with Gasteiger partial charge in [-0.3, -0.25) is 4.99 Å². The molecule has 0 fully saturated rings. The molecule has 1 aromatic rings. The van der Waals surface area contributed by atoms with Crippen molar-refractivity contribution in [3.63, 3.8) is 0 Å². The molecule has 2 N–H and O–H groups in total. The fourth-order valence-corrected chi connectivity index (χ4v) is 2.83. The molecule has 0 amide bonds. The van der Waals surface area contributed by atoms with Gasteiger partial charge < -0.3 is 10.6 Å². The first-order chi connectivity index (χ1) is 11.1. The third-order valence-corrected chi connectivity index (χ3v) is 4.60. The Morgan fingerprint density at radius 3 is 2.52 bits per heavy atom. The lowest BCUT2D eigenvalue weighted by atomic mass is 9.85. The van der Waals surface area contributed by atoms with Gasteiger partial charge >= 0.3 is 0 Å². The molecular formula is C17H29FIN3O2S. The Morgan fingerprint density at radius 2 is 1.96 bits per heavy atom. The highest BCUT2D eigenvalue weighted by molar-refractivity contribution is 14.0. The van der Waals surface area contributed by atoms with E-state index in [9.17, 15) is 12.8 Å². The van der Waals surface area contributed by atoms with Crippen molar-refractivity contribution < 1.29 is 12.8 Å². The lowest BCUT2D eigenvalue weighted by molar-refractivity contribution is 0.529. The molecule has 1 rings (SSSR count). The molecule has 144 valence electrons. The molecule has 0 saturated carbocycles. The van der Waals surface area contributed by atoms with Gasteiger partial charge in [-0.15, -0.1) is 24.0 Å². The van der Waals surface area contributed by atoms with Crippen LogP contribution < -0.4 is 10.6 Å². The summed E-state index contributed by atoms with van der Waals surface area (Å²) in [5, 5.41) is 6.26. The summed E-state index contributed by atoms with van der Waals surface area (Å²) in [4.78, 5) is 4.55. The molecule has 0 spiro atoms. The maximum absolute atomic E-state index is 13.4. The Morgan fingerprint density at radius 1 is 1.28 bits per heavy atom. The van der Waals surface area contributed by atoms with Crippen LogP contribution in [-0.4, -0.2) is 46.0 Å². The summed E-state index contributed by atoms with van der Waals surface area (Å²) in [5.74, 6) is 0.527. The average Bonchev–Trinajstić information content (AvgIpc) is 2.48. The second-order valence-electron chi connectivity index (χ2n) is 6.50. The molecule has 0 aliphatic heterocycles. The molecular weight excluding hydrogens is 456 g/mol. The first kappa shape index (κ1) is 24.1. The molecule has 0 radical (unpaired) electrons. The van der Waals surface area contributed by atoms with Crippen LogP contribution in [0.1, 0.15) is 32.8 Å². The lowest BCUT2D eigenvalue weighted by Crippen LogP contribution is -2.39. The summed E-state index contributed by atoms with van der Waals surface area (Å²) >= 11 is 0. The van der Waals surface area contributed by atoms with Gasteiger partial charge in [0.25, 0.3) is 0 Å². The molecule has 0 saturated heterocycles. The van der Waals surface area contributed by atoms with E-state index in [2.05, 4.69) is 15.6 Å². The van der Waals surface area contributed by atoms with E-state index in [1.165, 1.54) is 18.4 Å². The zero-order chi connectivity index (χ0) is 18.2. The fraction of sp³-hybridized carbons (Fsp3) is 0.588. The molecule has 0 heterocycles. The molecule has 5 nitrogen and oxygen atoms in total. The highest BCUT2D eigenvalue weighted by Crippen LogP contribution is 2.24. The highest BCUT2D eigenvalue weighted by Gasteiger charge is 2.21. The van der Waals surface area contributed by atoms with Crippen molar-refractivity contribution in [2.24, 2.45) is 4.99 Å². The molecule has 1 aromatic carbocycles. The number of nitrogens with zero attached hydrogens (tertiary/aromatic N) is 1. The van der Waals surface area contributed by atoms with Crippen molar-refractivity contribution in [1.82, 2.24) is 10.6 Å². The molecule has 0 bridgehead atoms. The van der Waals surface area contributed by atoms with Crippen LogP contribution in [0.4, 0.5) is 4.39 Å². The number of hydrogen-bond acceptors (Lipinski definition) is 3. The third-order valence-electron chi connectivity index (χ3n) is 3.57. The predicted molar refractivity (Wildman–Crippen MR) is 113 cm³/mol. The maximum Gasteiger partial charge on any atom is 0.191 e. The zero-order valence-electron chi connectivity index (χ0n) is 15.3. The minimum Gasteiger partial charge on any atom is -0.357 e. The van der Waals surface area contributed by atoms with Gasteiger partial charge in [0.05, 0.1) is 12.3 Å². The minimum atomic E-state index is -2.95. The second-order valence-corrected chi connectivity index (χ2v) is 8.76. The molecule has 0 atom stereocenters. The van der Waals surface area contributed by atoms with E-state index in [4.69, 9.17) is 0 Å². The number of sulfone groups is 1. The van der Waals surface area contributed by atoms with E-state index in [0.717, 1.165) is 5.56 Å². The summed E-state index contributed by atoms with van der Waals surface area (Å²) in [5.41, 5.74) is 0.580. The van der Waals surface area contributed by atoms with Crippen LogP contribution in [0, 0.1) is 5.82 Å². The normalized spacial score (nSPS) is 12.4. The van der Waals surface area contributed by atoms with Crippen molar-refractivity contribution in [3.05, 3.63) is 35.6 Å². The quantitative estimate of drug-likeness (QED) is 0.257. The lowest BCUT2D eigenvalue weighted by Gasteiger charge is -2.24. The number of aliphatic imine (C=N–C) groups is 1. The number of benzene rings is 1. The van der Waals surface area contributed by atoms with Gasteiger partial charge in [-0.05, 0) is 31.0 Å². The van der Waals surface area contributed by atoms with Gasteiger partial charge in [-0.25, -0.2) is 12.8 Å². The number of hydrogen-bond donors (Lipinski definition) is 2. The predicted octanol–water partition coefficient (Wildman–Crippen LogP) is 2.71. The van der Waals surface area contributed by atoms with Gasteiger partial charge in [0.2, 0.25) is 0 Å². The number of guanidine groups is 1.